The monoisotopic (exact) mass is 412 g/mol. The first-order valence-corrected chi connectivity index (χ1v) is 10.1. The highest BCUT2D eigenvalue weighted by Gasteiger charge is 2.22. The molecule has 1 aliphatic rings. The van der Waals surface area contributed by atoms with E-state index in [1.54, 1.807) is 46.2 Å². The number of carbonyl (C=O) groups excluding carboxylic acids is 2. The molecule has 7 nitrogen and oxygen atoms in total. The van der Waals surface area contributed by atoms with Gasteiger partial charge in [0.2, 0.25) is 5.91 Å². The van der Waals surface area contributed by atoms with Gasteiger partial charge in [-0.05, 0) is 55.0 Å². The van der Waals surface area contributed by atoms with E-state index in [4.69, 9.17) is 4.42 Å². The Kier molecular flexibility index (Phi) is 4.84. The average molecular weight is 412 g/mol. The number of hydrogen-bond donors (Lipinski definition) is 1. The fourth-order valence-corrected chi connectivity index (χ4v) is 3.69. The van der Waals surface area contributed by atoms with Gasteiger partial charge in [0.05, 0.1) is 12.0 Å². The maximum Gasteiger partial charge on any atom is 0.274 e. The third-order valence-corrected chi connectivity index (χ3v) is 5.23. The molecule has 0 aliphatic carbocycles. The summed E-state index contributed by atoms with van der Waals surface area (Å²) in [5.41, 5.74) is 3.21. The number of furan rings is 1. The number of benzene rings is 2. The normalized spacial score (nSPS) is 13.5. The Balaban J connectivity index is 1.43. The molecule has 1 fully saturated rings. The van der Waals surface area contributed by atoms with E-state index in [1.165, 1.54) is 0 Å². The fourth-order valence-electron chi connectivity index (χ4n) is 3.69. The summed E-state index contributed by atoms with van der Waals surface area (Å²) in [4.78, 5) is 26.8. The molecule has 5 rings (SSSR count). The molecule has 4 aromatic rings. The third-order valence-electron chi connectivity index (χ3n) is 5.23. The summed E-state index contributed by atoms with van der Waals surface area (Å²) in [6, 6.07) is 22.1. The molecule has 1 N–H and O–H groups in total. The summed E-state index contributed by atoms with van der Waals surface area (Å²) in [5, 5.41) is 7.50. The molecule has 154 valence electrons. The minimum Gasteiger partial charge on any atom is -0.463 e. The molecule has 0 bridgehead atoms. The molecule has 1 saturated heterocycles. The van der Waals surface area contributed by atoms with Crippen LogP contribution in [0.2, 0.25) is 0 Å². The number of aromatic nitrogens is 2. The van der Waals surface area contributed by atoms with Crippen LogP contribution in [0.4, 0.5) is 11.4 Å². The van der Waals surface area contributed by atoms with Gasteiger partial charge in [0.1, 0.15) is 11.4 Å². The molecule has 1 aliphatic heterocycles. The molecule has 3 heterocycles. The van der Waals surface area contributed by atoms with Crippen LogP contribution in [0.1, 0.15) is 23.3 Å². The lowest BCUT2D eigenvalue weighted by Gasteiger charge is -2.16. The largest absolute Gasteiger partial charge is 0.463 e. The number of hydrogen-bond acceptors (Lipinski definition) is 4. The number of carbonyl (C=O) groups is 2. The van der Waals surface area contributed by atoms with Crippen LogP contribution in [0.25, 0.3) is 17.1 Å². The first-order chi connectivity index (χ1) is 15.2. The lowest BCUT2D eigenvalue weighted by Crippen LogP contribution is -2.23. The molecule has 2 aromatic carbocycles. The summed E-state index contributed by atoms with van der Waals surface area (Å²) < 4.78 is 7.05. The van der Waals surface area contributed by atoms with Crippen molar-refractivity contribution < 1.29 is 14.0 Å². The second kappa shape index (κ2) is 7.95. The van der Waals surface area contributed by atoms with Crippen LogP contribution < -0.4 is 10.2 Å². The summed E-state index contributed by atoms with van der Waals surface area (Å²) in [6.07, 6.45) is 3.03. The van der Waals surface area contributed by atoms with E-state index in [-0.39, 0.29) is 11.8 Å². The molecular weight excluding hydrogens is 392 g/mol. The lowest BCUT2D eigenvalue weighted by atomic mass is 10.2. The number of nitrogens with zero attached hydrogens (tertiary/aromatic N) is 3. The quantitative estimate of drug-likeness (QED) is 0.523. The molecule has 2 aromatic heterocycles. The molecule has 2 amide bonds. The van der Waals surface area contributed by atoms with E-state index in [1.807, 2.05) is 42.5 Å². The van der Waals surface area contributed by atoms with Gasteiger partial charge >= 0.3 is 0 Å². The zero-order valence-electron chi connectivity index (χ0n) is 16.7. The summed E-state index contributed by atoms with van der Waals surface area (Å²) in [5.74, 6) is 0.427. The Morgan fingerprint density at radius 3 is 2.45 bits per heavy atom. The van der Waals surface area contributed by atoms with Crippen LogP contribution >= 0.6 is 0 Å². The standard InChI is InChI=1S/C24H20N4O3/c29-23-9-4-14-27(23)18-12-10-17(11-13-18)25-24(30)21-16-20(22-8-5-15-31-22)26-28(21)19-6-2-1-3-7-19/h1-3,5-8,10-13,15-16H,4,9,14H2,(H,25,30). The zero-order chi connectivity index (χ0) is 21.2. The first kappa shape index (κ1) is 18.9. The maximum absolute atomic E-state index is 13.1. The van der Waals surface area contributed by atoms with Crippen molar-refractivity contribution >= 4 is 23.2 Å². The van der Waals surface area contributed by atoms with E-state index >= 15 is 0 Å². The molecule has 0 atom stereocenters. The van der Waals surface area contributed by atoms with E-state index in [2.05, 4.69) is 10.4 Å². The predicted molar refractivity (Wildman–Crippen MR) is 117 cm³/mol. The third kappa shape index (κ3) is 3.73. The minimum atomic E-state index is -0.292. The van der Waals surface area contributed by atoms with Gasteiger partial charge in [-0.2, -0.15) is 5.10 Å². The smallest absolute Gasteiger partial charge is 0.274 e. The topological polar surface area (TPSA) is 80.4 Å². The Bertz CT molecular complexity index is 1210. The molecule has 7 heteroatoms. The van der Waals surface area contributed by atoms with Crippen molar-refractivity contribution in [3.05, 3.63) is 84.8 Å². The Labute approximate surface area is 178 Å². The Morgan fingerprint density at radius 2 is 1.77 bits per heavy atom. The highest BCUT2D eigenvalue weighted by atomic mass is 16.3. The van der Waals surface area contributed by atoms with Gasteiger partial charge in [-0.1, -0.05) is 18.2 Å². The number of amides is 2. The van der Waals surface area contributed by atoms with Gasteiger partial charge in [0.25, 0.3) is 5.91 Å². The lowest BCUT2D eigenvalue weighted by molar-refractivity contribution is -0.117. The van der Waals surface area contributed by atoms with Gasteiger partial charge in [0.15, 0.2) is 5.76 Å². The summed E-state index contributed by atoms with van der Waals surface area (Å²) in [6.45, 7) is 0.732. The number of para-hydroxylation sites is 1. The molecule has 0 saturated carbocycles. The SMILES string of the molecule is O=C(Nc1ccc(N2CCCC2=O)cc1)c1cc(-c2ccco2)nn1-c1ccccc1. The number of rotatable bonds is 5. The van der Waals surface area contributed by atoms with E-state index < -0.39 is 0 Å². The van der Waals surface area contributed by atoms with Crippen molar-refractivity contribution in [2.45, 2.75) is 12.8 Å². The first-order valence-electron chi connectivity index (χ1n) is 10.1. The Morgan fingerprint density at radius 1 is 0.968 bits per heavy atom. The van der Waals surface area contributed by atoms with Crippen LogP contribution in [0.15, 0.2) is 83.5 Å². The van der Waals surface area contributed by atoms with Crippen LogP contribution in [-0.4, -0.2) is 28.1 Å². The van der Waals surface area contributed by atoms with Gasteiger partial charge in [-0.25, -0.2) is 4.68 Å². The number of anilines is 2. The Hall–Kier alpha value is -4.13. The van der Waals surface area contributed by atoms with Crippen molar-refractivity contribution in [1.29, 1.82) is 0 Å². The maximum atomic E-state index is 13.1. The average Bonchev–Trinajstić information content (AvgIpc) is 3.55. The number of nitrogens with one attached hydrogen (secondary N) is 1. The second-order valence-corrected chi connectivity index (χ2v) is 7.29. The molecule has 31 heavy (non-hydrogen) atoms. The van der Waals surface area contributed by atoms with Crippen molar-refractivity contribution in [3.8, 4) is 17.1 Å². The highest BCUT2D eigenvalue weighted by Crippen LogP contribution is 2.25. The van der Waals surface area contributed by atoms with Crippen molar-refractivity contribution in [2.75, 3.05) is 16.8 Å². The van der Waals surface area contributed by atoms with Gasteiger partial charge in [0, 0.05) is 30.4 Å². The van der Waals surface area contributed by atoms with Crippen molar-refractivity contribution in [2.24, 2.45) is 0 Å². The van der Waals surface area contributed by atoms with Crippen LogP contribution in [0, 0.1) is 0 Å². The van der Waals surface area contributed by atoms with Crippen LogP contribution in [0.5, 0.6) is 0 Å². The summed E-state index contributed by atoms with van der Waals surface area (Å²) >= 11 is 0. The van der Waals surface area contributed by atoms with E-state index in [0.717, 1.165) is 24.3 Å². The summed E-state index contributed by atoms with van der Waals surface area (Å²) in [7, 11) is 0. The fraction of sp³-hybridized carbons (Fsp3) is 0.125. The van der Waals surface area contributed by atoms with Crippen LogP contribution in [-0.2, 0) is 4.79 Å². The van der Waals surface area contributed by atoms with Crippen molar-refractivity contribution in [3.63, 3.8) is 0 Å². The van der Waals surface area contributed by atoms with E-state index in [0.29, 0.717) is 29.3 Å². The van der Waals surface area contributed by atoms with Crippen LogP contribution in [0.3, 0.4) is 0 Å². The molecule has 0 spiro atoms. The zero-order valence-corrected chi connectivity index (χ0v) is 16.7. The van der Waals surface area contributed by atoms with E-state index in [9.17, 15) is 9.59 Å². The predicted octanol–water partition coefficient (Wildman–Crippen LogP) is 4.51. The van der Waals surface area contributed by atoms with Gasteiger partial charge in [-0.15, -0.1) is 0 Å². The molecular formula is C24H20N4O3. The highest BCUT2D eigenvalue weighted by molar-refractivity contribution is 6.04. The van der Waals surface area contributed by atoms with Gasteiger partial charge in [-0.3, -0.25) is 9.59 Å². The van der Waals surface area contributed by atoms with Gasteiger partial charge < -0.3 is 14.6 Å². The molecule has 0 radical (unpaired) electrons. The second-order valence-electron chi connectivity index (χ2n) is 7.29. The minimum absolute atomic E-state index is 0.133. The van der Waals surface area contributed by atoms with Crippen molar-refractivity contribution in [1.82, 2.24) is 9.78 Å². The molecule has 0 unspecified atom stereocenters.